The molecule has 0 aromatic rings. The Hall–Kier alpha value is -1.92. The molecule has 0 bridgehead atoms. The first kappa shape index (κ1) is 16.5. The summed E-state index contributed by atoms with van der Waals surface area (Å²) in [5.41, 5.74) is -0.563. The van der Waals surface area contributed by atoms with E-state index >= 15 is 0 Å². The molecule has 1 saturated carbocycles. The van der Waals surface area contributed by atoms with Crippen molar-refractivity contribution in [3.8, 4) is 0 Å². The molecule has 122 valence electrons. The highest BCUT2D eigenvalue weighted by Crippen LogP contribution is 2.46. The molecule has 1 aliphatic heterocycles. The molecule has 2 N–H and O–H groups in total. The zero-order valence-corrected chi connectivity index (χ0v) is 13.1. The first-order chi connectivity index (χ1) is 10.3. The van der Waals surface area contributed by atoms with Gasteiger partial charge in [0.1, 0.15) is 6.54 Å². The molecule has 7 heteroatoms. The number of imide groups is 1. The van der Waals surface area contributed by atoms with Gasteiger partial charge in [0.05, 0.1) is 12.0 Å². The Bertz CT molecular complexity index is 495. The zero-order valence-electron chi connectivity index (χ0n) is 13.1. The predicted octanol–water partition coefficient (Wildman–Crippen LogP) is -0.0535. The topological polar surface area (TPSA) is 95.6 Å². The zero-order chi connectivity index (χ0) is 16.3. The van der Waals surface area contributed by atoms with Crippen LogP contribution in [0.5, 0.6) is 0 Å². The second kappa shape index (κ2) is 6.46. The van der Waals surface area contributed by atoms with Gasteiger partial charge >= 0.3 is 0 Å². The number of hydrogen-bond donors (Lipinski definition) is 2. The average Bonchev–Trinajstić information content (AvgIpc) is 2.98. The van der Waals surface area contributed by atoms with Crippen molar-refractivity contribution in [3.63, 3.8) is 0 Å². The fourth-order valence-corrected chi connectivity index (χ4v) is 3.21. The molecule has 0 unspecified atom stereocenters. The maximum atomic E-state index is 12.4. The largest absolute Gasteiger partial charge is 0.352 e. The maximum Gasteiger partial charge on any atom is 0.240 e. The minimum atomic E-state index is -0.563. The molecule has 1 heterocycles. The summed E-state index contributed by atoms with van der Waals surface area (Å²) in [7, 11) is 0. The minimum absolute atomic E-state index is 0.00614. The SMILES string of the molecule is CC(C)NC(=O)CNC(=O)CN1C(=O)CC2(CCCC2)C1=O. The molecule has 2 aliphatic rings. The highest BCUT2D eigenvalue weighted by molar-refractivity contribution is 6.08. The van der Waals surface area contributed by atoms with E-state index in [4.69, 9.17) is 0 Å². The van der Waals surface area contributed by atoms with Crippen LogP contribution in [0.15, 0.2) is 0 Å². The van der Waals surface area contributed by atoms with Crippen molar-refractivity contribution in [3.05, 3.63) is 0 Å². The molecule has 0 atom stereocenters. The van der Waals surface area contributed by atoms with Crippen molar-refractivity contribution < 1.29 is 19.2 Å². The molecule has 7 nitrogen and oxygen atoms in total. The number of rotatable bonds is 5. The van der Waals surface area contributed by atoms with Gasteiger partial charge < -0.3 is 10.6 Å². The number of carbonyl (C=O) groups excluding carboxylic acids is 4. The van der Waals surface area contributed by atoms with Gasteiger partial charge in [0.15, 0.2) is 0 Å². The standard InChI is InChI=1S/C15H23N3O4/c1-10(2)17-11(19)8-16-12(20)9-18-13(21)7-15(14(18)22)5-3-4-6-15/h10H,3-9H2,1-2H3,(H,16,20)(H,17,19). The number of hydrogen-bond acceptors (Lipinski definition) is 4. The third-order valence-corrected chi connectivity index (χ3v) is 4.25. The third-order valence-electron chi connectivity index (χ3n) is 4.25. The molecule has 22 heavy (non-hydrogen) atoms. The van der Waals surface area contributed by atoms with Crippen LogP contribution in [0.2, 0.25) is 0 Å². The minimum Gasteiger partial charge on any atom is -0.352 e. The summed E-state index contributed by atoms with van der Waals surface area (Å²) in [6.45, 7) is 3.19. The Morgan fingerprint density at radius 3 is 2.41 bits per heavy atom. The van der Waals surface area contributed by atoms with Gasteiger partial charge in [-0.3, -0.25) is 24.1 Å². The highest BCUT2D eigenvalue weighted by Gasteiger charge is 2.52. The molecule has 1 spiro atoms. The lowest BCUT2D eigenvalue weighted by atomic mass is 9.84. The molecule has 1 aliphatic carbocycles. The second-order valence-corrected chi connectivity index (χ2v) is 6.45. The van der Waals surface area contributed by atoms with Crippen LogP contribution in [0.25, 0.3) is 0 Å². The van der Waals surface area contributed by atoms with Crippen LogP contribution in [-0.4, -0.2) is 47.7 Å². The molecular formula is C15H23N3O4. The highest BCUT2D eigenvalue weighted by atomic mass is 16.2. The van der Waals surface area contributed by atoms with Crippen molar-refractivity contribution in [2.45, 2.75) is 52.0 Å². The third kappa shape index (κ3) is 3.45. The Balaban J connectivity index is 1.85. The van der Waals surface area contributed by atoms with Crippen LogP contribution in [0.1, 0.15) is 46.0 Å². The van der Waals surface area contributed by atoms with E-state index in [0.29, 0.717) is 0 Å². The first-order valence-electron chi connectivity index (χ1n) is 7.75. The average molecular weight is 309 g/mol. The molecule has 4 amide bonds. The first-order valence-corrected chi connectivity index (χ1v) is 7.75. The molecular weight excluding hydrogens is 286 g/mol. The quantitative estimate of drug-likeness (QED) is 0.696. The lowest BCUT2D eigenvalue weighted by Crippen LogP contribution is -2.45. The van der Waals surface area contributed by atoms with E-state index in [-0.39, 0.29) is 43.3 Å². The lowest BCUT2D eigenvalue weighted by Gasteiger charge is -2.20. The van der Waals surface area contributed by atoms with Gasteiger partial charge in [0.2, 0.25) is 23.6 Å². The number of nitrogens with zero attached hydrogens (tertiary/aromatic N) is 1. The van der Waals surface area contributed by atoms with Crippen molar-refractivity contribution in [2.75, 3.05) is 13.1 Å². The van der Waals surface area contributed by atoms with Gasteiger partial charge in [0, 0.05) is 12.5 Å². The Morgan fingerprint density at radius 2 is 1.82 bits per heavy atom. The van der Waals surface area contributed by atoms with Gasteiger partial charge in [-0.25, -0.2) is 0 Å². The van der Waals surface area contributed by atoms with Crippen LogP contribution in [0.3, 0.4) is 0 Å². The summed E-state index contributed by atoms with van der Waals surface area (Å²) >= 11 is 0. The Kier molecular flexibility index (Phi) is 4.83. The van der Waals surface area contributed by atoms with Crippen LogP contribution in [0, 0.1) is 5.41 Å². The van der Waals surface area contributed by atoms with E-state index in [1.54, 1.807) is 0 Å². The fraction of sp³-hybridized carbons (Fsp3) is 0.733. The van der Waals surface area contributed by atoms with Gasteiger partial charge in [-0.05, 0) is 26.7 Å². The van der Waals surface area contributed by atoms with Crippen LogP contribution < -0.4 is 10.6 Å². The summed E-state index contributed by atoms with van der Waals surface area (Å²) in [6, 6.07) is -0.00614. The lowest BCUT2D eigenvalue weighted by molar-refractivity contribution is -0.144. The molecule has 0 aromatic carbocycles. The van der Waals surface area contributed by atoms with Crippen molar-refractivity contribution in [2.24, 2.45) is 5.41 Å². The monoisotopic (exact) mass is 309 g/mol. The Morgan fingerprint density at radius 1 is 1.18 bits per heavy atom. The normalized spacial score (nSPS) is 20.0. The van der Waals surface area contributed by atoms with E-state index in [9.17, 15) is 19.2 Å². The summed E-state index contributed by atoms with van der Waals surface area (Å²) in [5, 5.41) is 5.09. The fourth-order valence-electron chi connectivity index (χ4n) is 3.21. The van der Waals surface area contributed by atoms with E-state index < -0.39 is 11.3 Å². The molecule has 2 rings (SSSR count). The number of amides is 4. The van der Waals surface area contributed by atoms with Gasteiger partial charge in [-0.15, -0.1) is 0 Å². The second-order valence-electron chi connectivity index (χ2n) is 6.45. The predicted molar refractivity (Wildman–Crippen MR) is 78.5 cm³/mol. The van der Waals surface area contributed by atoms with Gasteiger partial charge in [-0.1, -0.05) is 12.8 Å². The van der Waals surface area contributed by atoms with Crippen LogP contribution >= 0.6 is 0 Å². The van der Waals surface area contributed by atoms with E-state index in [1.807, 2.05) is 13.8 Å². The summed E-state index contributed by atoms with van der Waals surface area (Å²) in [5.74, 6) is -1.30. The number of nitrogens with one attached hydrogen (secondary N) is 2. The summed E-state index contributed by atoms with van der Waals surface area (Å²) < 4.78 is 0. The molecule has 0 aromatic heterocycles. The van der Waals surface area contributed by atoms with Crippen LogP contribution in [0.4, 0.5) is 0 Å². The molecule has 2 fully saturated rings. The summed E-state index contributed by atoms with van der Waals surface area (Å²) in [4.78, 5) is 48.8. The number of likely N-dealkylation sites (tertiary alicyclic amines) is 1. The summed E-state index contributed by atoms with van der Waals surface area (Å²) in [6.07, 6.45) is 3.58. The molecule has 0 radical (unpaired) electrons. The van der Waals surface area contributed by atoms with Crippen LogP contribution in [-0.2, 0) is 19.2 Å². The van der Waals surface area contributed by atoms with Crippen molar-refractivity contribution >= 4 is 23.6 Å². The van der Waals surface area contributed by atoms with E-state index in [2.05, 4.69) is 10.6 Å². The maximum absolute atomic E-state index is 12.4. The van der Waals surface area contributed by atoms with Crippen molar-refractivity contribution in [1.82, 2.24) is 15.5 Å². The van der Waals surface area contributed by atoms with Crippen molar-refractivity contribution in [1.29, 1.82) is 0 Å². The molecule has 1 saturated heterocycles. The number of carbonyl (C=O) groups is 4. The Labute approximate surface area is 129 Å². The van der Waals surface area contributed by atoms with Gasteiger partial charge in [-0.2, -0.15) is 0 Å². The van der Waals surface area contributed by atoms with Gasteiger partial charge in [0.25, 0.3) is 0 Å². The van der Waals surface area contributed by atoms with E-state index in [0.717, 1.165) is 30.6 Å². The van der Waals surface area contributed by atoms with E-state index in [1.165, 1.54) is 0 Å². The smallest absolute Gasteiger partial charge is 0.240 e.